The van der Waals surface area contributed by atoms with Gasteiger partial charge in [-0.1, -0.05) is 30.3 Å². The van der Waals surface area contributed by atoms with Crippen LogP contribution in [0.2, 0.25) is 0 Å². The van der Waals surface area contributed by atoms with Crippen LogP contribution in [0.5, 0.6) is 0 Å². The Hall–Kier alpha value is -2.08. The summed E-state index contributed by atoms with van der Waals surface area (Å²) in [5, 5.41) is 6.51. The molecule has 0 aliphatic carbocycles. The van der Waals surface area contributed by atoms with Crippen molar-refractivity contribution in [3.05, 3.63) is 35.9 Å². The molecular formula is C22H34N4O2. The van der Waals surface area contributed by atoms with E-state index in [1.54, 1.807) is 0 Å². The lowest BCUT2D eigenvalue weighted by Gasteiger charge is -2.32. The SMILES string of the molecule is CCNC(=NCC(=O)N1CCC(Cc2ccccc2)CC1)NCC1CCCO1. The molecule has 2 aliphatic heterocycles. The lowest BCUT2D eigenvalue weighted by Crippen LogP contribution is -2.43. The van der Waals surface area contributed by atoms with Gasteiger partial charge in [0.2, 0.25) is 5.91 Å². The Morgan fingerprint density at radius 1 is 1.18 bits per heavy atom. The van der Waals surface area contributed by atoms with Crippen molar-refractivity contribution in [2.45, 2.75) is 45.1 Å². The summed E-state index contributed by atoms with van der Waals surface area (Å²) >= 11 is 0. The Balaban J connectivity index is 1.41. The number of aliphatic imine (C=N–C) groups is 1. The zero-order chi connectivity index (χ0) is 19.6. The molecule has 1 aromatic carbocycles. The summed E-state index contributed by atoms with van der Waals surface area (Å²) in [7, 11) is 0. The highest BCUT2D eigenvalue weighted by molar-refractivity contribution is 5.85. The van der Waals surface area contributed by atoms with Gasteiger partial charge in [-0.3, -0.25) is 4.79 Å². The van der Waals surface area contributed by atoms with Crippen molar-refractivity contribution < 1.29 is 9.53 Å². The summed E-state index contributed by atoms with van der Waals surface area (Å²) in [5.41, 5.74) is 1.39. The van der Waals surface area contributed by atoms with Gasteiger partial charge < -0.3 is 20.3 Å². The maximum absolute atomic E-state index is 12.6. The highest BCUT2D eigenvalue weighted by Gasteiger charge is 2.23. The fraction of sp³-hybridized carbons (Fsp3) is 0.636. The summed E-state index contributed by atoms with van der Waals surface area (Å²) in [6.07, 6.45) is 5.72. The van der Waals surface area contributed by atoms with Crippen LogP contribution >= 0.6 is 0 Å². The van der Waals surface area contributed by atoms with E-state index in [0.29, 0.717) is 11.9 Å². The predicted molar refractivity (Wildman–Crippen MR) is 112 cm³/mol. The largest absolute Gasteiger partial charge is 0.376 e. The van der Waals surface area contributed by atoms with Crippen molar-refractivity contribution in [3.8, 4) is 0 Å². The predicted octanol–water partition coefficient (Wildman–Crippen LogP) is 2.20. The van der Waals surface area contributed by atoms with E-state index in [1.165, 1.54) is 5.56 Å². The van der Waals surface area contributed by atoms with Crippen molar-refractivity contribution >= 4 is 11.9 Å². The third-order valence-electron chi connectivity index (χ3n) is 5.57. The van der Waals surface area contributed by atoms with Crippen molar-refractivity contribution in [3.63, 3.8) is 0 Å². The van der Waals surface area contributed by atoms with Gasteiger partial charge in [0.1, 0.15) is 6.54 Å². The number of nitrogens with zero attached hydrogens (tertiary/aromatic N) is 2. The molecular weight excluding hydrogens is 352 g/mol. The monoisotopic (exact) mass is 386 g/mol. The van der Waals surface area contributed by atoms with Crippen LogP contribution < -0.4 is 10.6 Å². The van der Waals surface area contributed by atoms with Crippen LogP contribution in [-0.4, -0.2) is 62.2 Å². The Morgan fingerprint density at radius 2 is 1.96 bits per heavy atom. The number of amides is 1. The molecule has 1 atom stereocenters. The van der Waals surface area contributed by atoms with Gasteiger partial charge in [-0.25, -0.2) is 4.99 Å². The first-order valence-corrected chi connectivity index (χ1v) is 10.7. The highest BCUT2D eigenvalue weighted by atomic mass is 16.5. The Labute approximate surface area is 168 Å². The molecule has 2 saturated heterocycles. The number of carbonyl (C=O) groups is 1. The third-order valence-corrected chi connectivity index (χ3v) is 5.57. The smallest absolute Gasteiger partial charge is 0.244 e. The molecule has 0 radical (unpaired) electrons. The van der Waals surface area contributed by atoms with Crippen LogP contribution in [0, 0.1) is 5.92 Å². The lowest BCUT2D eigenvalue weighted by atomic mass is 9.90. The highest BCUT2D eigenvalue weighted by Crippen LogP contribution is 2.21. The molecule has 1 unspecified atom stereocenters. The van der Waals surface area contributed by atoms with E-state index in [2.05, 4.69) is 46.0 Å². The molecule has 0 spiro atoms. The van der Waals surface area contributed by atoms with Gasteiger partial charge in [0.15, 0.2) is 5.96 Å². The molecule has 2 aliphatic rings. The van der Waals surface area contributed by atoms with Crippen LogP contribution in [0.3, 0.4) is 0 Å². The van der Waals surface area contributed by atoms with E-state index in [0.717, 1.165) is 64.9 Å². The normalized spacial score (nSPS) is 21.0. The standard InChI is InChI=1S/C22H34N4O2/c1-2-23-22(24-16-20-9-6-14-28-20)25-17-21(27)26-12-10-19(11-13-26)15-18-7-4-3-5-8-18/h3-5,7-8,19-20H,2,6,9-17H2,1H3,(H2,23,24,25). The summed E-state index contributed by atoms with van der Waals surface area (Å²) in [6.45, 7) is 6.27. The Kier molecular flexibility index (Phi) is 8.15. The molecule has 2 heterocycles. The first-order chi connectivity index (χ1) is 13.7. The van der Waals surface area contributed by atoms with Crippen LogP contribution in [0.1, 0.15) is 38.2 Å². The van der Waals surface area contributed by atoms with E-state index in [9.17, 15) is 4.79 Å². The number of hydrogen-bond acceptors (Lipinski definition) is 3. The number of likely N-dealkylation sites (tertiary alicyclic amines) is 1. The molecule has 28 heavy (non-hydrogen) atoms. The van der Waals surface area contributed by atoms with E-state index < -0.39 is 0 Å². The Morgan fingerprint density at radius 3 is 2.64 bits per heavy atom. The molecule has 154 valence electrons. The second-order valence-electron chi connectivity index (χ2n) is 7.72. The van der Waals surface area contributed by atoms with Gasteiger partial charge in [-0.05, 0) is 50.5 Å². The van der Waals surface area contributed by atoms with Gasteiger partial charge in [-0.15, -0.1) is 0 Å². The van der Waals surface area contributed by atoms with Crippen LogP contribution in [0.25, 0.3) is 0 Å². The molecule has 1 aromatic rings. The minimum absolute atomic E-state index is 0.118. The van der Waals surface area contributed by atoms with Gasteiger partial charge in [0.25, 0.3) is 0 Å². The molecule has 6 heteroatoms. The van der Waals surface area contributed by atoms with Crippen molar-refractivity contribution in [1.29, 1.82) is 0 Å². The fourth-order valence-corrected chi connectivity index (χ4v) is 3.94. The molecule has 1 amide bonds. The minimum atomic E-state index is 0.118. The number of nitrogens with one attached hydrogen (secondary N) is 2. The van der Waals surface area contributed by atoms with E-state index in [1.807, 2.05) is 11.8 Å². The van der Waals surface area contributed by atoms with Crippen molar-refractivity contribution in [2.75, 3.05) is 39.3 Å². The van der Waals surface area contributed by atoms with Gasteiger partial charge >= 0.3 is 0 Å². The van der Waals surface area contributed by atoms with Gasteiger partial charge in [0.05, 0.1) is 6.10 Å². The van der Waals surface area contributed by atoms with Crippen LogP contribution in [-0.2, 0) is 16.0 Å². The zero-order valence-corrected chi connectivity index (χ0v) is 17.0. The van der Waals surface area contributed by atoms with E-state index in [-0.39, 0.29) is 18.6 Å². The number of ether oxygens (including phenoxy) is 1. The minimum Gasteiger partial charge on any atom is -0.376 e. The summed E-state index contributed by atoms with van der Waals surface area (Å²) < 4.78 is 5.63. The molecule has 2 N–H and O–H groups in total. The number of rotatable bonds is 7. The molecule has 2 fully saturated rings. The average Bonchev–Trinajstić information content (AvgIpc) is 3.25. The second-order valence-corrected chi connectivity index (χ2v) is 7.72. The number of hydrogen-bond donors (Lipinski definition) is 2. The summed E-state index contributed by atoms with van der Waals surface area (Å²) in [4.78, 5) is 19.0. The van der Waals surface area contributed by atoms with Crippen LogP contribution in [0.15, 0.2) is 35.3 Å². The maximum atomic E-state index is 12.6. The first kappa shape index (κ1) is 20.6. The Bertz CT molecular complexity index is 621. The van der Waals surface area contributed by atoms with Gasteiger partial charge in [0, 0.05) is 32.8 Å². The third kappa shape index (κ3) is 6.51. The molecule has 6 nitrogen and oxygen atoms in total. The maximum Gasteiger partial charge on any atom is 0.244 e. The topological polar surface area (TPSA) is 66.0 Å². The fourth-order valence-electron chi connectivity index (χ4n) is 3.94. The average molecular weight is 387 g/mol. The van der Waals surface area contributed by atoms with Gasteiger partial charge in [-0.2, -0.15) is 0 Å². The molecule has 0 aromatic heterocycles. The van der Waals surface area contributed by atoms with E-state index in [4.69, 9.17) is 4.74 Å². The second kappa shape index (κ2) is 11.1. The van der Waals surface area contributed by atoms with Crippen LogP contribution in [0.4, 0.5) is 0 Å². The van der Waals surface area contributed by atoms with Crippen molar-refractivity contribution in [1.82, 2.24) is 15.5 Å². The molecule has 0 saturated carbocycles. The first-order valence-electron chi connectivity index (χ1n) is 10.7. The van der Waals surface area contributed by atoms with E-state index >= 15 is 0 Å². The molecule has 0 bridgehead atoms. The zero-order valence-electron chi connectivity index (χ0n) is 17.0. The quantitative estimate of drug-likeness (QED) is 0.557. The molecule has 3 rings (SSSR count). The number of piperidine rings is 1. The summed E-state index contributed by atoms with van der Waals surface area (Å²) in [6, 6.07) is 10.6. The summed E-state index contributed by atoms with van der Waals surface area (Å²) in [5.74, 6) is 1.48. The lowest BCUT2D eigenvalue weighted by molar-refractivity contribution is -0.130. The number of guanidine groups is 1. The number of carbonyl (C=O) groups excluding carboxylic acids is 1. The van der Waals surface area contributed by atoms with Crippen molar-refractivity contribution in [2.24, 2.45) is 10.9 Å². The number of benzene rings is 1.